The van der Waals surface area contributed by atoms with Crippen LogP contribution in [-0.2, 0) is 7.05 Å². The fourth-order valence-electron chi connectivity index (χ4n) is 4.38. The van der Waals surface area contributed by atoms with Crippen LogP contribution in [0.2, 0.25) is 0 Å². The van der Waals surface area contributed by atoms with Gasteiger partial charge in [-0.15, -0.1) is 0 Å². The number of ether oxygens (including phenoxy) is 1. The molecule has 10 heteroatoms. The molecule has 0 radical (unpaired) electrons. The van der Waals surface area contributed by atoms with E-state index in [2.05, 4.69) is 17.2 Å². The lowest BCUT2D eigenvalue weighted by Crippen LogP contribution is -2.42. The zero-order valence-electron chi connectivity index (χ0n) is 27.0. The molecule has 232 valence electrons. The summed E-state index contributed by atoms with van der Waals surface area (Å²) in [6.07, 6.45) is 5.50. The summed E-state index contributed by atoms with van der Waals surface area (Å²) in [5, 5.41) is 16.7. The van der Waals surface area contributed by atoms with E-state index in [-0.39, 0.29) is 11.2 Å². The monoisotopic (exact) mass is 590 g/mol. The van der Waals surface area contributed by atoms with E-state index in [0.29, 0.717) is 35.1 Å². The van der Waals surface area contributed by atoms with Crippen LogP contribution in [0.15, 0.2) is 58.3 Å². The van der Waals surface area contributed by atoms with Crippen molar-refractivity contribution in [3.8, 4) is 16.9 Å². The van der Waals surface area contributed by atoms with Crippen LogP contribution in [-0.4, -0.2) is 61.6 Å². The van der Waals surface area contributed by atoms with Gasteiger partial charge in [0.1, 0.15) is 17.3 Å². The molecule has 0 unspecified atom stereocenters. The number of unbranched alkanes of at least 4 members (excludes halogenated alkanes) is 1. The van der Waals surface area contributed by atoms with Crippen molar-refractivity contribution in [3.05, 3.63) is 79.6 Å². The minimum Gasteiger partial charge on any atom is -0.494 e. The number of aliphatic imine (C=N–C) groups is 1. The van der Waals surface area contributed by atoms with E-state index in [1.54, 1.807) is 30.8 Å². The summed E-state index contributed by atoms with van der Waals surface area (Å²) in [7, 11) is 9.03. The number of rotatable bonds is 11. The molecule has 0 saturated carbocycles. The predicted molar refractivity (Wildman–Crippen MR) is 180 cm³/mol. The molecule has 10 nitrogen and oxygen atoms in total. The first kappa shape index (κ1) is 34.8. The molecule has 0 bridgehead atoms. The number of nitro benzene ring substituents is 1. The van der Waals surface area contributed by atoms with E-state index >= 15 is 0 Å². The summed E-state index contributed by atoms with van der Waals surface area (Å²) in [6, 6.07) is 14.5. The number of hydrogen-bond donors (Lipinski definition) is 1. The second kappa shape index (κ2) is 16.9. The zero-order chi connectivity index (χ0) is 32.1. The quantitative estimate of drug-likeness (QED) is 0.147. The second-order valence-electron chi connectivity index (χ2n) is 10.1. The van der Waals surface area contributed by atoms with Crippen LogP contribution in [0.3, 0.4) is 0 Å². The number of nitrogens with one attached hydrogen (secondary N) is 1. The summed E-state index contributed by atoms with van der Waals surface area (Å²) in [4.78, 5) is 33.3. The Morgan fingerprint density at radius 3 is 2.37 bits per heavy atom. The molecular weight excluding hydrogens is 544 g/mol. The number of anilines is 2. The summed E-state index contributed by atoms with van der Waals surface area (Å²) in [6.45, 7) is 9.21. The maximum Gasteiger partial charge on any atom is 0.294 e. The van der Waals surface area contributed by atoms with Gasteiger partial charge in [0.25, 0.3) is 11.2 Å². The number of hydrogen-bond acceptors (Lipinski definition) is 7. The minimum absolute atomic E-state index is 0.0339. The topological polar surface area (TPSA) is 105 Å². The molecule has 43 heavy (non-hydrogen) atoms. The van der Waals surface area contributed by atoms with Gasteiger partial charge in [-0.3, -0.25) is 14.9 Å². The summed E-state index contributed by atoms with van der Waals surface area (Å²) >= 11 is 0. The molecule has 1 aromatic heterocycles. The van der Waals surface area contributed by atoms with Crippen molar-refractivity contribution >= 4 is 35.2 Å². The van der Waals surface area contributed by atoms with Gasteiger partial charge in [-0.2, -0.15) is 0 Å². The van der Waals surface area contributed by atoms with Crippen LogP contribution < -0.4 is 31.1 Å². The molecule has 0 saturated heterocycles. The molecule has 0 aliphatic heterocycles. The summed E-state index contributed by atoms with van der Waals surface area (Å²) < 4.78 is 7.24. The molecule has 1 N–H and O–H groups in total. The second-order valence-corrected chi connectivity index (χ2v) is 10.1. The molecule has 0 aliphatic rings. The van der Waals surface area contributed by atoms with Gasteiger partial charge >= 0.3 is 0 Å². The fraction of sp³-hybridized carbons (Fsp3) is 0.394. The van der Waals surface area contributed by atoms with Crippen molar-refractivity contribution in [1.82, 2.24) is 9.47 Å². The standard InChI is InChI=1S/C31H40N6O4.C2H6/c1-8-9-15-27-24(18-25(31(38)36(27)6)23-13-11-10-12-14-23)21-32-22(2)33-26-19-29(37(39)40)28(20-30(26)41-7)35(5)17-16-34(3)4;1-2/h10-15,18-21H,8-9,16-17H2,1-7H3,(H,32,33);1-2H3/b24-21-,27-15-;. The number of benzene rings is 2. The molecule has 1 heterocycles. The first-order chi connectivity index (χ1) is 20.6. The highest BCUT2D eigenvalue weighted by Crippen LogP contribution is 2.38. The molecule has 0 amide bonds. The van der Waals surface area contributed by atoms with Crippen LogP contribution in [0.1, 0.15) is 40.5 Å². The number of nitrogens with zero attached hydrogens (tertiary/aromatic N) is 5. The normalized spacial score (nSPS) is 12.2. The van der Waals surface area contributed by atoms with Gasteiger partial charge in [-0.1, -0.05) is 63.6 Å². The largest absolute Gasteiger partial charge is 0.494 e. The molecule has 0 aliphatic carbocycles. The van der Waals surface area contributed by atoms with E-state index in [0.717, 1.165) is 35.5 Å². The number of nitro groups is 1. The van der Waals surface area contributed by atoms with Crippen LogP contribution >= 0.6 is 0 Å². The Morgan fingerprint density at radius 2 is 1.79 bits per heavy atom. The first-order valence-corrected chi connectivity index (χ1v) is 14.6. The van der Waals surface area contributed by atoms with Crippen LogP contribution in [0.25, 0.3) is 23.4 Å². The Morgan fingerprint density at radius 1 is 1.12 bits per heavy atom. The molecular formula is C33H46N6O4. The van der Waals surface area contributed by atoms with Crippen molar-refractivity contribution in [1.29, 1.82) is 0 Å². The molecule has 0 fully saturated rings. The van der Waals surface area contributed by atoms with Crippen LogP contribution in [0.4, 0.5) is 17.1 Å². The molecule has 3 aromatic rings. The van der Waals surface area contributed by atoms with E-state index in [1.165, 1.54) is 13.2 Å². The van der Waals surface area contributed by atoms with E-state index in [1.807, 2.05) is 87.3 Å². The number of aromatic nitrogens is 1. The van der Waals surface area contributed by atoms with Gasteiger partial charge in [0.05, 0.1) is 17.7 Å². The van der Waals surface area contributed by atoms with Crippen molar-refractivity contribution in [3.63, 3.8) is 0 Å². The minimum atomic E-state index is -0.393. The van der Waals surface area contributed by atoms with Gasteiger partial charge in [0, 0.05) is 61.6 Å². The molecule has 3 rings (SSSR count). The molecule has 0 spiro atoms. The lowest BCUT2D eigenvalue weighted by molar-refractivity contribution is -0.384. The van der Waals surface area contributed by atoms with Crippen molar-refractivity contribution < 1.29 is 9.66 Å². The third-order valence-electron chi connectivity index (χ3n) is 6.70. The van der Waals surface area contributed by atoms with Crippen molar-refractivity contribution in [2.45, 2.75) is 40.5 Å². The Labute approximate surface area is 254 Å². The van der Waals surface area contributed by atoms with E-state index in [9.17, 15) is 14.9 Å². The Bertz CT molecular complexity index is 1580. The lowest BCUT2D eigenvalue weighted by Gasteiger charge is -2.22. The highest BCUT2D eigenvalue weighted by atomic mass is 16.6. The van der Waals surface area contributed by atoms with Gasteiger partial charge in [0.15, 0.2) is 0 Å². The fourth-order valence-corrected chi connectivity index (χ4v) is 4.38. The third-order valence-corrected chi connectivity index (χ3v) is 6.70. The zero-order valence-corrected chi connectivity index (χ0v) is 27.0. The number of methoxy groups -OCH3 is 1. The maximum atomic E-state index is 13.2. The maximum absolute atomic E-state index is 13.2. The van der Waals surface area contributed by atoms with Gasteiger partial charge in [-0.25, -0.2) is 4.99 Å². The van der Waals surface area contributed by atoms with Gasteiger partial charge in [0.2, 0.25) is 0 Å². The van der Waals surface area contributed by atoms with Crippen molar-refractivity contribution in [2.75, 3.05) is 51.6 Å². The summed E-state index contributed by atoms with van der Waals surface area (Å²) in [5.74, 6) is 0.963. The predicted octanol–water partition coefficient (Wildman–Crippen LogP) is 4.84. The highest BCUT2D eigenvalue weighted by molar-refractivity contribution is 5.97. The van der Waals surface area contributed by atoms with Crippen molar-refractivity contribution in [2.24, 2.45) is 12.0 Å². The number of pyridine rings is 1. The Balaban J connectivity index is 0.00000316. The average molecular weight is 591 g/mol. The van der Waals surface area contributed by atoms with Gasteiger partial charge < -0.3 is 24.4 Å². The molecule has 0 atom stereocenters. The smallest absolute Gasteiger partial charge is 0.294 e. The Hall–Kier alpha value is -4.44. The first-order valence-electron chi connectivity index (χ1n) is 14.6. The number of likely N-dealkylation sites (N-methyl/N-ethyl adjacent to an activating group) is 2. The van der Waals surface area contributed by atoms with Crippen LogP contribution in [0, 0.1) is 10.1 Å². The van der Waals surface area contributed by atoms with E-state index < -0.39 is 4.92 Å². The van der Waals surface area contributed by atoms with E-state index in [4.69, 9.17) is 4.74 Å². The SMILES string of the molecule is CC.CCC/C=c1/c(=C\N=C(C)Nc2cc([N+](=O)[O-])c(N(C)CCN(C)C)cc2OC)cc(-c2ccccc2)c(=O)n1C. The lowest BCUT2D eigenvalue weighted by atomic mass is 10.1. The number of amidine groups is 1. The van der Waals surface area contributed by atoms with Crippen LogP contribution in [0.5, 0.6) is 5.75 Å². The molecule has 2 aromatic carbocycles. The average Bonchev–Trinajstić information content (AvgIpc) is 3.01. The third kappa shape index (κ3) is 9.27. The van der Waals surface area contributed by atoms with Gasteiger partial charge in [-0.05, 0) is 39.1 Å². The Kier molecular flexibility index (Phi) is 13.6. The highest BCUT2D eigenvalue weighted by Gasteiger charge is 2.22. The summed E-state index contributed by atoms with van der Waals surface area (Å²) in [5.41, 5.74) is 2.20.